The van der Waals surface area contributed by atoms with E-state index in [1.54, 1.807) is 18.7 Å². The molecule has 0 aliphatic carbocycles. The zero-order valence-corrected chi connectivity index (χ0v) is 8.75. The Labute approximate surface area is 88.2 Å². The molecular weight excluding hydrogens is 190 g/mol. The van der Waals surface area contributed by atoms with E-state index in [1.807, 2.05) is 24.9 Å². The monoisotopic (exact) mass is 203 g/mol. The van der Waals surface area contributed by atoms with Gasteiger partial charge in [-0.25, -0.2) is 15.0 Å². The number of nitrogens with one attached hydrogen (secondary N) is 1. The van der Waals surface area contributed by atoms with Crippen molar-refractivity contribution in [1.82, 2.24) is 24.8 Å². The highest BCUT2D eigenvalue weighted by Crippen LogP contribution is 2.18. The van der Waals surface area contributed by atoms with Crippen molar-refractivity contribution in [3.63, 3.8) is 0 Å². The van der Waals surface area contributed by atoms with Gasteiger partial charge in [0, 0.05) is 25.0 Å². The maximum Gasteiger partial charge on any atom is 0.115 e. The van der Waals surface area contributed by atoms with Gasteiger partial charge in [-0.15, -0.1) is 0 Å². The molecule has 0 radical (unpaired) electrons. The molecule has 0 spiro atoms. The molecule has 2 aromatic heterocycles. The lowest BCUT2D eigenvalue weighted by Gasteiger charge is -2.15. The molecule has 0 fully saturated rings. The van der Waals surface area contributed by atoms with Gasteiger partial charge in [0.05, 0.1) is 24.3 Å². The largest absolute Gasteiger partial charge is 0.336 e. The molecule has 0 saturated carbocycles. The Kier molecular flexibility index (Phi) is 2.73. The third kappa shape index (κ3) is 1.87. The predicted octanol–water partition coefficient (Wildman–Crippen LogP) is 0.519. The molecule has 15 heavy (non-hydrogen) atoms. The van der Waals surface area contributed by atoms with E-state index in [4.69, 9.17) is 0 Å². The van der Waals surface area contributed by atoms with Crippen molar-refractivity contribution < 1.29 is 0 Å². The second-order valence-corrected chi connectivity index (χ2v) is 3.32. The van der Waals surface area contributed by atoms with E-state index >= 15 is 0 Å². The fourth-order valence-corrected chi connectivity index (χ4v) is 1.59. The Bertz CT molecular complexity index is 422. The van der Waals surface area contributed by atoms with Gasteiger partial charge in [-0.1, -0.05) is 0 Å². The first-order valence-electron chi connectivity index (χ1n) is 4.71. The van der Waals surface area contributed by atoms with Gasteiger partial charge in [0.2, 0.25) is 0 Å². The van der Waals surface area contributed by atoms with Crippen molar-refractivity contribution in [2.75, 3.05) is 7.05 Å². The number of rotatable bonds is 3. The van der Waals surface area contributed by atoms with Crippen molar-refractivity contribution in [2.45, 2.75) is 6.04 Å². The fourth-order valence-electron chi connectivity index (χ4n) is 1.59. The third-order valence-electron chi connectivity index (χ3n) is 2.35. The summed E-state index contributed by atoms with van der Waals surface area (Å²) in [5, 5.41) is 3.22. The Morgan fingerprint density at radius 2 is 1.93 bits per heavy atom. The summed E-state index contributed by atoms with van der Waals surface area (Å²) in [7, 11) is 3.88. The van der Waals surface area contributed by atoms with Crippen LogP contribution in [0.4, 0.5) is 0 Å². The maximum atomic E-state index is 4.10. The molecule has 78 valence electrons. The molecule has 2 aromatic rings. The third-order valence-corrected chi connectivity index (χ3v) is 2.35. The lowest BCUT2D eigenvalue weighted by atomic mass is 10.1. The second kappa shape index (κ2) is 4.18. The van der Waals surface area contributed by atoms with Crippen LogP contribution in [0, 0.1) is 0 Å². The van der Waals surface area contributed by atoms with E-state index in [-0.39, 0.29) is 6.04 Å². The lowest BCUT2D eigenvalue weighted by molar-refractivity contribution is 0.633. The van der Waals surface area contributed by atoms with E-state index in [0.717, 1.165) is 11.3 Å². The van der Waals surface area contributed by atoms with Crippen molar-refractivity contribution in [1.29, 1.82) is 0 Å². The van der Waals surface area contributed by atoms with Crippen LogP contribution in [0.1, 0.15) is 17.3 Å². The van der Waals surface area contributed by atoms with Crippen molar-refractivity contribution in [3.05, 3.63) is 42.5 Å². The first-order chi connectivity index (χ1) is 7.33. The van der Waals surface area contributed by atoms with Crippen LogP contribution in [0.25, 0.3) is 0 Å². The molecule has 1 unspecified atom stereocenters. The minimum atomic E-state index is 0.0821. The molecule has 1 atom stereocenters. The highest BCUT2D eigenvalue weighted by Gasteiger charge is 2.15. The summed E-state index contributed by atoms with van der Waals surface area (Å²) < 4.78 is 1.98. The molecule has 0 amide bonds. The predicted molar refractivity (Wildman–Crippen MR) is 56.1 cm³/mol. The van der Waals surface area contributed by atoms with Gasteiger partial charge >= 0.3 is 0 Å². The summed E-state index contributed by atoms with van der Waals surface area (Å²) in [4.78, 5) is 12.1. The molecule has 5 nitrogen and oxygen atoms in total. The van der Waals surface area contributed by atoms with Crippen molar-refractivity contribution in [2.24, 2.45) is 7.05 Å². The molecule has 0 aromatic carbocycles. The first kappa shape index (κ1) is 9.79. The van der Waals surface area contributed by atoms with E-state index in [9.17, 15) is 0 Å². The Morgan fingerprint density at radius 1 is 1.20 bits per heavy atom. The summed E-state index contributed by atoms with van der Waals surface area (Å²) >= 11 is 0. The standard InChI is InChI=1S/C10H13N5/c1-11-10(8-3-12-6-13-4-8)9-5-14-7-15(9)2/h3-7,10-11H,1-2H3. The van der Waals surface area contributed by atoms with Gasteiger partial charge in [-0.3, -0.25) is 0 Å². The Balaban J connectivity index is 2.37. The van der Waals surface area contributed by atoms with E-state index in [2.05, 4.69) is 20.3 Å². The minimum absolute atomic E-state index is 0.0821. The highest BCUT2D eigenvalue weighted by atomic mass is 15.1. The molecule has 0 aliphatic rings. The minimum Gasteiger partial charge on any atom is -0.336 e. The lowest BCUT2D eigenvalue weighted by Crippen LogP contribution is -2.20. The zero-order chi connectivity index (χ0) is 10.7. The summed E-state index contributed by atoms with van der Waals surface area (Å²) in [5.41, 5.74) is 2.12. The number of hydrogen-bond acceptors (Lipinski definition) is 4. The molecule has 1 N–H and O–H groups in total. The van der Waals surface area contributed by atoms with Crippen LogP contribution in [0.2, 0.25) is 0 Å². The van der Waals surface area contributed by atoms with Gasteiger partial charge in [0.15, 0.2) is 0 Å². The van der Waals surface area contributed by atoms with Crippen LogP contribution >= 0.6 is 0 Å². The summed E-state index contributed by atoms with van der Waals surface area (Å²) in [5.74, 6) is 0. The van der Waals surface area contributed by atoms with Gasteiger partial charge in [-0.05, 0) is 7.05 Å². The van der Waals surface area contributed by atoms with Gasteiger partial charge < -0.3 is 9.88 Å². The number of aryl methyl sites for hydroxylation is 1. The fraction of sp³-hybridized carbons (Fsp3) is 0.300. The van der Waals surface area contributed by atoms with Crippen LogP contribution in [0.5, 0.6) is 0 Å². The molecular formula is C10H13N5. The van der Waals surface area contributed by atoms with Crippen LogP contribution in [0.3, 0.4) is 0 Å². The molecule has 2 rings (SSSR count). The average Bonchev–Trinajstić information content (AvgIpc) is 2.68. The second-order valence-electron chi connectivity index (χ2n) is 3.32. The van der Waals surface area contributed by atoms with Gasteiger partial charge in [0.1, 0.15) is 6.33 Å². The maximum absolute atomic E-state index is 4.10. The molecule has 0 saturated heterocycles. The van der Waals surface area contributed by atoms with Crippen molar-refractivity contribution >= 4 is 0 Å². The molecule has 5 heteroatoms. The van der Waals surface area contributed by atoms with Crippen LogP contribution in [-0.2, 0) is 7.05 Å². The number of aromatic nitrogens is 4. The zero-order valence-electron chi connectivity index (χ0n) is 8.75. The molecule has 0 bridgehead atoms. The summed E-state index contributed by atoms with van der Waals surface area (Å²) in [6.07, 6.45) is 8.76. The van der Waals surface area contributed by atoms with Gasteiger partial charge in [-0.2, -0.15) is 0 Å². The van der Waals surface area contributed by atoms with Crippen LogP contribution < -0.4 is 5.32 Å². The smallest absolute Gasteiger partial charge is 0.115 e. The van der Waals surface area contributed by atoms with E-state index in [0.29, 0.717) is 0 Å². The number of nitrogens with zero attached hydrogens (tertiary/aromatic N) is 4. The SMILES string of the molecule is CNC(c1cncnc1)c1cncn1C. The highest BCUT2D eigenvalue weighted by molar-refractivity contribution is 5.21. The van der Waals surface area contributed by atoms with Crippen LogP contribution in [0.15, 0.2) is 31.2 Å². The Hall–Kier alpha value is -1.75. The van der Waals surface area contributed by atoms with Crippen molar-refractivity contribution in [3.8, 4) is 0 Å². The molecule has 0 aliphatic heterocycles. The summed E-state index contributed by atoms with van der Waals surface area (Å²) in [6, 6.07) is 0.0821. The first-order valence-corrected chi connectivity index (χ1v) is 4.71. The average molecular weight is 203 g/mol. The van der Waals surface area contributed by atoms with E-state index in [1.165, 1.54) is 6.33 Å². The normalized spacial score (nSPS) is 12.7. The Morgan fingerprint density at radius 3 is 2.47 bits per heavy atom. The quantitative estimate of drug-likeness (QED) is 0.790. The van der Waals surface area contributed by atoms with Crippen LogP contribution in [-0.4, -0.2) is 26.6 Å². The van der Waals surface area contributed by atoms with Gasteiger partial charge in [0.25, 0.3) is 0 Å². The van der Waals surface area contributed by atoms with E-state index < -0.39 is 0 Å². The summed E-state index contributed by atoms with van der Waals surface area (Å²) in [6.45, 7) is 0. The number of hydrogen-bond donors (Lipinski definition) is 1. The topological polar surface area (TPSA) is 55.6 Å². The molecule has 2 heterocycles. The number of imidazole rings is 1.